The molecule has 150 valence electrons. The van der Waals surface area contributed by atoms with Crippen LogP contribution in [0.15, 0.2) is 83.5 Å². The Balaban J connectivity index is 1.77. The molecule has 6 heteroatoms. The van der Waals surface area contributed by atoms with Gasteiger partial charge in [-0.15, -0.1) is 0 Å². The molecule has 4 rings (SSSR count). The fourth-order valence-corrected chi connectivity index (χ4v) is 3.29. The molecule has 0 atom stereocenters. The Morgan fingerprint density at radius 2 is 1.57 bits per heavy atom. The molecule has 4 nitrogen and oxygen atoms in total. The molecule has 1 aliphatic rings. The van der Waals surface area contributed by atoms with Crippen molar-refractivity contribution in [2.75, 3.05) is 23.9 Å². The summed E-state index contributed by atoms with van der Waals surface area (Å²) in [5.74, 6) is -0.171. The van der Waals surface area contributed by atoms with E-state index in [-0.39, 0.29) is 11.7 Å². The van der Waals surface area contributed by atoms with E-state index < -0.39 is 0 Å². The minimum Gasteiger partial charge on any atom is -0.378 e. The summed E-state index contributed by atoms with van der Waals surface area (Å²) < 4.78 is 13.4. The Morgan fingerprint density at radius 1 is 0.933 bits per heavy atom. The number of rotatable bonds is 4. The lowest BCUT2D eigenvalue weighted by atomic mass is 10.1. The lowest BCUT2D eigenvalue weighted by molar-refractivity contribution is -0.113. The molecule has 0 aromatic heterocycles. The standard InChI is InChI=1S/C24H19ClFN3O/c1-28(2)20-11-3-16(4-12-20)15-22-24(30)29(21-13-9-19(26)10-14-21)23(27-22)17-5-7-18(25)8-6-17/h3-15H,1-2H3/b22-15+. The zero-order valence-electron chi connectivity index (χ0n) is 16.5. The molecule has 3 aromatic carbocycles. The van der Waals surface area contributed by atoms with Crippen LogP contribution < -0.4 is 9.80 Å². The van der Waals surface area contributed by atoms with Gasteiger partial charge in [-0.2, -0.15) is 0 Å². The summed E-state index contributed by atoms with van der Waals surface area (Å²) in [5, 5.41) is 0.591. The fraction of sp³-hybridized carbons (Fsp3) is 0.0833. The van der Waals surface area contributed by atoms with Gasteiger partial charge in [-0.3, -0.25) is 9.69 Å². The van der Waals surface area contributed by atoms with Crippen molar-refractivity contribution in [2.45, 2.75) is 0 Å². The SMILES string of the molecule is CN(C)c1ccc(/C=C2/N=C(c3ccc(Cl)cc3)N(c3ccc(F)cc3)C2=O)cc1. The summed E-state index contributed by atoms with van der Waals surface area (Å²) >= 11 is 6.01. The van der Waals surface area contributed by atoms with Crippen LogP contribution in [0.3, 0.4) is 0 Å². The molecule has 1 aliphatic heterocycles. The average molecular weight is 420 g/mol. The number of anilines is 2. The number of hydrogen-bond acceptors (Lipinski definition) is 3. The van der Waals surface area contributed by atoms with Crippen molar-refractivity contribution in [1.82, 2.24) is 0 Å². The minimum atomic E-state index is -0.368. The van der Waals surface area contributed by atoms with Gasteiger partial charge >= 0.3 is 0 Å². The van der Waals surface area contributed by atoms with Crippen LogP contribution in [0, 0.1) is 5.82 Å². The second-order valence-electron chi connectivity index (χ2n) is 7.07. The minimum absolute atomic E-state index is 0.275. The zero-order chi connectivity index (χ0) is 21.3. The van der Waals surface area contributed by atoms with E-state index in [4.69, 9.17) is 11.6 Å². The smallest absolute Gasteiger partial charge is 0.282 e. The molecule has 0 N–H and O–H groups in total. The van der Waals surface area contributed by atoms with E-state index in [0.717, 1.165) is 16.8 Å². The van der Waals surface area contributed by atoms with E-state index >= 15 is 0 Å². The number of amidine groups is 1. The number of nitrogens with zero attached hydrogens (tertiary/aromatic N) is 3. The Kier molecular flexibility index (Phi) is 5.38. The highest BCUT2D eigenvalue weighted by Crippen LogP contribution is 2.28. The Bertz CT molecular complexity index is 1130. The van der Waals surface area contributed by atoms with E-state index in [1.54, 1.807) is 42.5 Å². The Hall–Kier alpha value is -3.44. The first-order chi connectivity index (χ1) is 14.4. The molecular weight excluding hydrogens is 401 g/mol. The molecule has 0 bridgehead atoms. The van der Waals surface area contributed by atoms with Crippen molar-refractivity contribution in [3.8, 4) is 0 Å². The number of amides is 1. The number of carbonyl (C=O) groups is 1. The van der Waals surface area contributed by atoms with Crippen LogP contribution >= 0.6 is 11.6 Å². The number of halogens is 2. The summed E-state index contributed by atoms with van der Waals surface area (Å²) in [4.78, 5) is 21.3. The van der Waals surface area contributed by atoms with E-state index in [1.165, 1.54) is 17.0 Å². The van der Waals surface area contributed by atoms with Crippen molar-refractivity contribution in [3.05, 3.63) is 100 Å². The van der Waals surface area contributed by atoms with Gasteiger partial charge in [-0.05, 0) is 72.3 Å². The predicted octanol–water partition coefficient (Wildman–Crippen LogP) is 5.38. The van der Waals surface area contributed by atoms with E-state index in [2.05, 4.69) is 4.99 Å². The van der Waals surface area contributed by atoms with Crippen LogP contribution in [0.1, 0.15) is 11.1 Å². The van der Waals surface area contributed by atoms with Gasteiger partial charge in [0.25, 0.3) is 5.91 Å². The summed E-state index contributed by atoms with van der Waals surface area (Å²) in [5.41, 5.74) is 3.52. The lowest BCUT2D eigenvalue weighted by Gasteiger charge is -2.18. The average Bonchev–Trinajstić information content (AvgIpc) is 3.06. The van der Waals surface area contributed by atoms with E-state index in [9.17, 15) is 9.18 Å². The van der Waals surface area contributed by atoms with E-state index in [0.29, 0.717) is 22.2 Å². The van der Waals surface area contributed by atoms with Crippen LogP contribution in [-0.2, 0) is 4.79 Å². The molecule has 0 radical (unpaired) electrons. The Morgan fingerprint density at radius 3 is 2.17 bits per heavy atom. The second kappa shape index (κ2) is 8.13. The highest BCUT2D eigenvalue weighted by Gasteiger charge is 2.32. The third-order valence-electron chi connectivity index (χ3n) is 4.76. The third kappa shape index (κ3) is 3.98. The van der Waals surface area contributed by atoms with Crippen LogP contribution in [-0.4, -0.2) is 25.8 Å². The molecule has 1 amide bonds. The van der Waals surface area contributed by atoms with Crippen molar-refractivity contribution in [1.29, 1.82) is 0 Å². The summed E-state index contributed by atoms with van der Waals surface area (Å²) in [7, 11) is 3.94. The third-order valence-corrected chi connectivity index (χ3v) is 5.01. The van der Waals surface area contributed by atoms with Crippen LogP contribution in [0.2, 0.25) is 5.02 Å². The zero-order valence-corrected chi connectivity index (χ0v) is 17.3. The number of aliphatic imine (C=N–C) groups is 1. The maximum Gasteiger partial charge on any atom is 0.282 e. The maximum absolute atomic E-state index is 13.4. The van der Waals surface area contributed by atoms with Gasteiger partial charge in [0.15, 0.2) is 0 Å². The van der Waals surface area contributed by atoms with Gasteiger partial charge in [0, 0.05) is 30.4 Å². The van der Waals surface area contributed by atoms with Crippen molar-refractivity contribution in [2.24, 2.45) is 4.99 Å². The maximum atomic E-state index is 13.4. The highest BCUT2D eigenvalue weighted by molar-refractivity contribution is 6.34. The molecule has 1 heterocycles. The first-order valence-corrected chi connectivity index (χ1v) is 9.74. The van der Waals surface area contributed by atoms with Gasteiger partial charge in [0.1, 0.15) is 17.3 Å². The normalized spacial score (nSPS) is 14.9. The van der Waals surface area contributed by atoms with Crippen LogP contribution in [0.4, 0.5) is 15.8 Å². The van der Waals surface area contributed by atoms with Crippen LogP contribution in [0.5, 0.6) is 0 Å². The predicted molar refractivity (Wildman–Crippen MR) is 121 cm³/mol. The van der Waals surface area contributed by atoms with Gasteiger partial charge in [-0.1, -0.05) is 23.7 Å². The Labute approximate surface area is 179 Å². The van der Waals surface area contributed by atoms with Crippen molar-refractivity contribution < 1.29 is 9.18 Å². The summed E-state index contributed by atoms with van der Waals surface area (Å²) in [6.07, 6.45) is 1.75. The topological polar surface area (TPSA) is 35.9 Å². The summed E-state index contributed by atoms with van der Waals surface area (Å²) in [6.45, 7) is 0. The monoisotopic (exact) mass is 419 g/mol. The van der Waals surface area contributed by atoms with Crippen molar-refractivity contribution >= 4 is 40.8 Å². The molecule has 0 unspecified atom stereocenters. The second-order valence-corrected chi connectivity index (χ2v) is 7.51. The van der Waals surface area contributed by atoms with Gasteiger partial charge < -0.3 is 4.90 Å². The quantitative estimate of drug-likeness (QED) is 0.532. The molecular formula is C24H19ClFN3O. The largest absolute Gasteiger partial charge is 0.378 e. The van der Waals surface area contributed by atoms with Crippen LogP contribution in [0.25, 0.3) is 6.08 Å². The molecule has 30 heavy (non-hydrogen) atoms. The summed E-state index contributed by atoms with van der Waals surface area (Å²) in [6, 6.07) is 20.7. The number of hydrogen-bond donors (Lipinski definition) is 0. The van der Waals surface area contributed by atoms with Gasteiger partial charge in [0.2, 0.25) is 0 Å². The van der Waals surface area contributed by atoms with Gasteiger partial charge in [0.05, 0.1) is 5.69 Å². The first kappa shape index (κ1) is 19.9. The molecule has 0 spiro atoms. The van der Waals surface area contributed by atoms with Gasteiger partial charge in [-0.25, -0.2) is 9.38 Å². The van der Waals surface area contributed by atoms with E-state index in [1.807, 2.05) is 43.3 Å². The molecule has 0 fully saturated rings. The molecule has 0 saturated carbocycles. The molecule has 0 aliphatic carbocycles. The molecule has 3 aromatic rings. The number of benzene rings is 3. The lowest BCUT2D eigenvalue weighted by Crippen LogP contribution is -2.32. The van der Waals surface area contributed by atoms with Crippen molar-refractivity contribution in [3.63, 3.8) is 0 Å². The molecule has 0 saturated heterocycles. The number of carbonyl (C=O) groups excluding carboxylic acids is 1. The first-order valence-electron chi connectivity index (χ1n) is 9.36. The fourth-order valence-electron chi connectivity index (χ4n) is 3.17. The highest BCUT2D eigenvalue weighted by atomic mass is 35.5.